The number of pyridine rings is 1. The smallest absolute Gasteiger partial charge is 0.272 e. The SMILES string of the molecule is CSCc1noc(CN2C[C@H]3CC[C@@H]2CN(C(=O)c2ccccn2)C3)n1. The fourth-order valence-corrected chi connectivity index (χ4v) is 4.28. The topological polar surface area (TPSA) is 75.4 Å². The molecule has 2 bridgehead atoms. The van der Waals surface area contributed by atoms with Crippen molar-refractivity contribution in [3.8, 4) is 0 Å². The molecule has 5 heterocycles. The zero-order valence-electron chi connectivity index (χ0n) is 14.9. The fourth-order valence-electron chi connectivity index (χ4n) is 3.91. The summed E-state index contributed by atoms with van der Waals surface area (Å²) in [4.78, 5) is 25.9. The van der Waals surface area contributed by atoms with Crippen LogP contribution in [0, 0.1) is 5.92 Å². The molecule has 0 spiro atoms. The van der Waals surface area contributed by atoms with Gasteiger partial charge in [-0.1, -0.05) is 11.2 Å². The van der Waals surface area contributed by atoms with E-state index >= 15 is 0 Å². The second-order valence-electron chi connectivity index (χ2n) is 6.99. The maximum absolute atomic E-state index is 12.8. The van der Waals surface area contributed by atoms with E-state index in [1.165, 1.54) is 0 Å². The molecule has 0 aliphatic carbocycles. The monoisotopic (exact) mass is 373 g/mol. The van der Waals surface area contributed by atoms with E-state index in [0.29, 0.717) is 30.1 Å². The molecule has 0 N–H and O–H groups in total. The Morgan fingerprint density at radius 3 is 3.04 bits per heavy atom. The van der Waals surface area contributed by atoms with Gasteiger partial charge in [-0.05, 0) is 37.1 Å². The number of nitrogens with zero attached hydrogens (tertiary/aromatic N) is 5. The minimum atomic E-state index is 0.0318. The fraction of sp³-hybridized carbons (Fsp3) is 0.556. The zero-order chi connectivity index (χ0) is 17.9. The van der Waals surface area contributed by atoms with E-state index in [1.807, 2.05) is 23.3 Å². The van der Waals surface area contributed by atoms with Crippen LogP contribution in [0.1, 0.15) is 35.0 Å². The Bertz CT molecular complexity index is 753. The summed E-state index contributed by atoms with van der Waals surface area (Å²) in [6, 6.07) is 5.82. The lowest BCUT2D eigenvalue weighted by atomic mass is 9.95. The van der Waals surface area contributed by atoms with Gasteiger partial charge < -0.3 is 9.42 Å². The number of fused-ring (bicyclic) bond motifs is 4. The zero-order valence-corrected chi connectivity index (χ0v) is 15.7. The van der Waals surface area contributed by atoms with Gasteiger partial charge in [0.2, 0.25) is 5.89 Å². The van der Waals surface area contributed by atoms with Crippen molar-refractivity contribution in [3.63, 3.8) is 0 Å². The van der Waals surface area contributed by atoms with Crippen molar-refractivity contribution in [2.24, 2.45) is 5.92 Å². The lowest BCUT2D eigenvalue weighted by Gasteiger charge is -2.34. The molecule has 2 aromatic rings. The van der Waals surface area contributed by atoms with Crippen LogP contribution >= 0.6 is 11.8 Å². The summed E-state index contributed by atoms with van der Waals surface area (Å²) in [6.45, 7) is 3.16. The highest BCUT2D eigenvalue weighted by molar-refractivity contribution is 7.97. The van der Waals surface area contributed by atoms with Gasteiger partial charge in [-0.25, -0.2) is 0 Å². The summed E-state index contributed by atoms with van der Waals surface area (Å²) in [5, 5.41) is 4.03. The molecule has 0 unspecified atom stereocenters. The van der Waals surface area contributed by atoms with Gasteiger partial charge in [-0.2, -0.15) is 16.7 Å². The molecule has 3 aliphatic rings. The normalized spacial score (nSPS) is 23.2. The second-order valence-corrected chi connectivity index (χ2v) is 7.86. The maximum Gasteiger partial charge on any atom is 0.272 e. The van der Waals surface area contributed by atoms with Crippen molar-refractivity contribution >= 4 is 17.7 Å². The summed E-state index contributed by atoms with van der Waals surface area (Å²) in [5.41, 5.74) is 0.527. The number of piperidine rings is 1. The summed E-state index contributed by atoms with van der Waals surface area (Å²) >= 11 is 1.68. The number of aromatic nitrogens is 3. The number of rotatable bonds is 5. The summed E-state index contributed by atoms with van der Waals surface area (Å²) < 4.78 is 5.41. The Balaban J connectivity index is 1.45. The third-order valence-corrected chi connectivity index (χ3v) is 5.67. The molecule has 26 heavy (non-hydrogen) atoms. The standard InChI is InChI=1S/C18H23N5O2S/c1-26-12-16-20-17(25-21-16)11-22-8-13-5-6-14(22)10-23(9-13)18(24)15-4-2-3-7-19-15/h2-4,7,13-14H,5-6,8-12H2,1H3/t13-,14-/m1/s1. The van der Waals surface area contributed by atoms with Crippen molar-refractivity contribution < 1.29 is 9.32 Å². The predicted octanol–water partition coefficient (Wildman–Crippen LogP) is 2.06. The van der Waals surface area contributed by atoms with E-state index in [2.05, 4.69) is 20.0 Å². The highest BCUT2D eigenvalue weighted by atomic mass is 32.2. The number of carbonyl (C=O) groups excluding carboxylic acids is 1. The molecule has 3 aliphatic heterocycles. The average molecular weight is 373 g/mol. The van der Waals surface area contributed by atoms with Gasteiger partial charge in [-0.15, -0.1) is 0 Å². The molecule has 1 amide bonds. The van der Waals surface area contributed by atoms with E-state index in [1.54, 1.807) is 24.0 Å². The molecule has 0 aromatic carbocycles. The molecule has 3 fully saturated rings. The van der Waals surface area contributed by atoms with Gasteiger partial charge in [0, 0.05) is 31.9 Å². The van der Waals surface area contributed by atoms with Crippen LogP contribution in [-0.2, 0) is 12.3 Å². The van der Waals surface area contributed by atoms with Crippen molar-refractivity contribution in [3.05, 3.63) is 41.8 Å². The van der Waals surface area contributed by atoms with E-state index in [-0.39, 0.29) is 5.91 Å². The molecule has 2 aromatic heterocycles. The maximum atomic E-state index is 12.8. The Labute approximate surface area is 157 Å². The van der Waals surface area contributed by atoms with Gasteiger partial charge in [0.05, 0.1) is 12.3 Å². The van der Waals surface area contributed by atoms with Gasteiger partial charge in [-0.3, -0.25) is 14.7 Å². The molecular formula is C18H23N5O2S. The average Bonchev–Trinajstić information content (AvgIpc) is 2.90. The predicted molar refractivity (Wildman–Crippen MR) is 98.6 cm³/mol. The van der Waals surface area contributed by atoms with Crippen LogP contribution in [0.2, 0.25) is 0 Å². The van der Waals surface area contributed by atoms with Crippen molar-refractivity contribution in [2.75, 3.05) is 25.9 Å². The van der Waals surface area contributed by atoms with E-state index in [9.17, 15) is 4.79 Å². The molecule has 3 saturated heterocycles. The molecule has 8 heteroatoms. The quantitative estimate of drug-likeness (QED) is 0.794. The first-order valence-electron chi connectivity index (χ1n) is 8.97. The number of amides is 1. The lowest BCUT2D eigenvalue weighted by molar-refractivity contribution is 0.0726. The van der Waals surface area contributed by atoms with Gasteiger partial charge in [0.1, 0.15) is 5.69 Å². The van der Waals surface area contributed by atoms with Crippen LogP contribution in [0.3, 0.4) is 0 Å². The first kappa shape index (κ1) is 17.5. The largest absolute Gasteiger partial charge is 0.338 e. The Morgan fingerprint density at radius 2 is 2.23 bits per heavy atom. The molecule has 0 radical (unpaired) electrons. The third kappa shape index (κ3) is 3.76. The van der Waals surface area contributed by atoms with Crippen LogP contribution in [0.15, 0.2) is 28.9 Å². The lowest BCUT2D eigenvalue weighted by Crippen LogP contribution is -2.44. The van der Waals surface area contributed by atoms with Gasteiger partial charge >= 0.3 is 0 Å². The van der Waals surface area contributed by atoms with Crippen LogP contribution in [-0.4, -0.2) is 62.8 Å². The molecule has 2 atom stereocenters. The van der Waals surface area contributed by atoms with Crippen LogP contribution in [0.4, 0.5) is 0 Å². The first-order valence-corrected chi connectivity index (χ1v) is 10.4. The number of thioether (sulfide) groups is 1. The first-order chi connectivity index (χ1) is 12.7. The molecular weight excluding hydrogens is 350 g/mol. The second kappa shape index (κ2) is 7.75. The number of carbonyl (C=O) groups is 1. The van der Waals surface area contributed by atoms with Crippen molar-refractivity contribution in [1.29, 1.82) is 0 Å². The molecule has 138 valence electrons. The van der Waals surface area contributed by atoms with Gasteiger partial charge in [0.25, 0.3) is 5.91 Å². The molecule has 7 nitrogen and oxygen atoms in total. The molecule has 5 rings (SSSR count). The Hall–Kier alpha value is -1.93. The number of hydrogen-bond donors (Lipinski definition) is 0. The van der Waals surface area contributed by atoms with E-state index in [4.69, 9.17) is 4.52 Å². The van der Waals surface area contributed by atoms with Crippen LogP contribution in [0.25, 0.3) is 0 Å². The summed E-state index contributed by atoms with van der Waals surface area (Å²) in [5.74, 6) is 2.70. The van der Waals surface area contributed by atoms with Gasteiger partial charge in [0.15, 0.2) is 5.82 Å². The van der Waals surface area contributed by atoms with Crippen LogP contribution in [0.5, 0.6) is 0 Å². The highest BCUT2D eigenvalue weighted by Crippen LogP contribution is 2.29. The van der Waals surface area contributed by atoms with E-state index < -0.39 is 0 Å². The minimum Gasteiger partial charge on any atom is -0.338 e. The third-order valence-electron chi connectivity index (χ3n) is 5.12. The van der Waals surface area contributed by atoms with E-state index in [0.717, 1.165) is 44.1 Å². The molecule has 0 saturated carbocycles. The van der Waals surface area contributed by atoms with Crippen molar-refractivity contribution in [2.45, 2.75) is 31.2 Å². The Kier molecular flexibility index (Phi) is 5.21. The summed E-state index contributed by atoms with van der Waals surface area (Å²) in [6.07, 6.45) is 5.96. The summed E-state index contributed by atoms with van der Waals surface area (Å²) in [7, 11) is 0. The van der Waals surface area contributed by atoms with Crippen molar-refractivity contribution in [1.82, 2.24) is 24.9 Å². The van der Waals surface area contributed by atoms with Crippen LogP contribution < -0.4 is 0 Å². The Morgan fingerprint density at radius 1 is 1.31 bits per heavy atom. The minimum absolute atomic E-state index is 0.0318. The highest BCUT2D eigenvalue weighted by Gasteiger charge is 2.37. The number of hydrogen-bond acceptors (Lipinski definition) is 7.